The van der Waals surface area contributed by atoms with Crippen LogP contribution in [0.2, 0.25) is 0 Å². The van der Waals surface area contributed by atoms with Gasteiger partial charge in [-0.2, -0.15) is 0 Å². The number of amides is 1. The zero-order chi connectivity index (χ0) is 11.4. The number of rotatable bonds is 3. The fourth-order valence-corrected chi connectivity index (χ4v) is 1.20. The first-order valence-corrected chi connectivity index (χ1v) is 5.07. The molecule has 1 N–H and O–H groups in total. The van der Waals surface area contributed by atoms with Gasteiger partial charge < -0.3 is 15.2 Å². The molecule has 5 heteroatoms. The largest absolute Gasteiger partial charge is 0.548 e. The molecule has 15 heavy (non-hydrogen) atoms. The minimum Gasteiger partial charge on any atom is -0.548 e. The highest BCUT2D eigenvalue weighted by atomic mass is 79.9. The van der Waals surface area contributed by atoms with Crippen molar-refractivity contribution >= 4 is 27.8 Å². The molecule has 1 rings (SSSR count). The summed E-state index contributed by atoms with van der Waals surface area (Å²) in [4.78, 5) is 21.8. The fraction of sp³-hybridized carbons (Fsp3) is 0.200. The van der Waals surface area contributed by atoms with E-state index >= 15 is 0 Å². The van der Waals surface area contributed by atoms with Gasteiger partial charge in [0, 0.05) is 10.0 Å². The molecule has 1 atom stereocenters. The van der Waals surface area contributed by atoms with Crippen LogP contribution in [0, 0.1) is 0 Å². The number of carboxylic acid groups (broad SMARTS) is 1. The van der Waals surface area contributed by atoms with E-state index in [1.807, 2.05) is 0 Å². The maximum Gasteiger partial charge on any atom is 0.251 e. The van der Waals surface area contributed by atoms with Gasteiger partial charge in [-0.05, 0) is 31.2 Å². The molecule has 0 aliphatic heterocycles. The summed E-state index contributed by atoms with van der Waals surface area (Å²) in [6.07, 6.45) is 0. The van der Waals surface area contributed by atoms with Crippen LogP contribution >= 0.6 is 15.9 Å². The Bertz CT molecular complexity index is 375. The lowest BCUT2D eigenvalue weighted by atomic mass is 10.2. The quantitative estimate of drug-likeness (QED) is 0.860. The Hall–Kier alpha value is -1.36. The third-order valence-corrected chi connectivity index (χ3v) is 2.34. The number of carboxylic acids is 1. The smallest absolute Gasteiger partial charge is 0.251 e. The van der Waals surface area contributed by atoms with Crippen LogP contribution in [0.15, 0.2) is 28.7 Å². The van der Waals surface area contributed by atoms with Gasteiger partial charge in [0.25, 0.3) is 5.91 Å². The van der Waals surface area contributed by atoms with E-state index in [4.69, 9.17) is 0 Å². The van der Waals surface area contributed by atoms with E-state index < -0.39 is 17.9 Å². The second kappa shape index (κ2) is 4.93. The maximum absolute atomic E-state index is 11.5. The van der Waals surface area contributed by atoms with Crippen LogP contribution in [0.5, 0.6) is 0 Å². The molecule has 1 aromatic rings. The predicted octanol–water partition coefficient (Wildman–Crippen LogP) is 0.317. The fourth-order valence-electron chi connectivity index (χ4n) is 0.940. The third-order valence-electron chi connectivity index (χ3n) is 1.81. The summed E-state index contributed by atoms with van der Waals surface area (Å²) in [6, 6.07) is 5.61. The molecule has 1 amide bonds. The van der Waals surface area contributed by atoms with E-state index in [0.717, 1.165) is 4.47 Å². The zero-order valence-corrected chi connectivity index (χ0v) is 9.58. The first-order chi connectivity index (χ1) is 7.00. The summed E-state index contributed by atoms with van der Waals surface area (Å²) in [5, 5.41) is 12.7. The summed E-state index contributed by atoms with van der Waals surface area (Å²) in [5.41, 5.74) is 0.409. The van der Waals surface area contributed by atoms with Gasteiger partial charge in [0.05, 0.1) is 12.0 Å². The van der Waals surface area contributed by atoms with Crippen LogP contribution in [0.1, 0.15) is 17.3 Å². The molecule has 0 radical (unpaired) electrons. The van der Waals surface area contributed by atoms with Crippen LogP contribution < -0.4 is 10.4 Å². The minimum atomic E-state index is -1.31. The Balaban J connectivity index is 2.69. The Labute approximate surface area is 95.4 Å². The van der Waals surface area contributed by atoms with Crippen molar-refractivity contribution in [1.29, 1.82) is 0 Å². The number of carbonyl (C=O) groups is 2. The average molecular weight is 271 g/mol. The monoisotopic (exact) mass is 270 g/mol. The average Bonchev–Trinajstić information content (AvgIpc) is 2.18. The first-order valence-electron chi connectivity index (χ1n) is 4.28. The lowest BCUT2D eigenvalue weighted by molar-refractivity contribution is -0.307. The van der Waals surface area contributed by atoms with Gasteiger partial charge in [0.2, 0.25) is 0 Å². The topological polar surface area (TPSA) is 69.2 Å². The van der Waals surface area contributed by atoms with E-state index in [1.54, 1.807) is 24.3 Å². The van der Waals surface area contributed by atoms with Crippen molar-refractivity contribution in [2.75, 3.05) is 0 Å². The van der Waals surface area contributed by atoms with Gasteiger partial charge in [0.15, 0.2) is 0 Å². The molecule has 80 valence electrons. The van der Waals surface area contributed by atoms with Crippen LogP contribution in [0.25, 0.3) is 0 Å². The molecule has 0 aromatic heterocycles. The van der Waals surface area contributed by atoms with Crippen molar-refractivity contribution in [2.24, 2.45) is 0 Å². The molecule has 0 heterocycles. The second-order valence-electron chi connectivity index (χ2n) is 3.02. The van der Waals surface area contributed by atoms with Crippen LogP contribution in [0.4, 0.5) is 0 Å². The van der Waals surface area contributed by atoms with Crippen molar-refractivity contribution in [3.05, 3.63) is 34.3 Å². The number of aliphatic carboxylic acids is 1. The molecule has 0 bridgehead atoms. The van der Waals surface area contributed by atoms with E-state index in [2.05, 4.69) is 21.2 Å². The summed E-state index contributed by atoms with van der Waals surface area (Å²) in [7, 11) is 0. The number of benzene rings is 1. The van der Waals surface area contributed by atoms with Crippen molar-refractivity contribution in [2.45, 2.75) is 13.0 Å². The summed E-state index contributed by atoms with van der Waals surface area (Å²) >= 11 is 3.23. The van der Waals surface area contributed by atoms with Crippen molar-refractivity contribution in [3.8, 4) is 0 Å². The van der Waals surface area contributed by atoms with Gasteiger partial charge >= 0.3 is 0 Å². The van der Waals surface area contributed by atoms with Crippen molar-refractivity contribution in [3.63, 3.8) is 0 Å². The predicted molar refractivity (Wildman–Crippen MR) is 56.1 cm³/mol. The van der Waals surface area contributed by atoms with Gasteiger partial charge in [-0.15, -0.1) is 0 Å². The van der Waals surface area contributed by atoms with Gasteiger partial charge in [0.1, 0.15) is 0 Å². The molecule has 0 aliphatic carbocycles. The molecule has 0 unspecified atom stereocenters. The number of hydrogen-bond donors (Lipinski definition) is 1. The lowest BCUT2D eigenvalue weighted by Gasteiger charge is -2.14. The van der Waals surface area contributed by atoms with Crippen molar-refractivity contribution in [1.82, 2.24) is 5.32 Å². The highest BCUT2D eigenvalue weighted by Crippen LogP contribution is 2.10. The van der Waals surface area contributed by atoms with E-state index in [0.29, 0.717) is 5.56 Å². The lowest BCUT2D eigenvalue weighted by Crippen LogP contribution is -2.45. The Kier molecular flexibility index (Phi) is 3.85. The summed E-state index contributed by atoms with van der Waals surface area (Å²) in [6.45, 7) is 1.35. The number of halogens is 1. The van der Waals surface area contributed by atoms with Crippen LogP contribution in [-0.2, 0) is 4.79 Å². The van der Waals surface area contributed by atoms with E-state index in [1.165, 1.54) is 6.92 Å². The number of carbonyl (C=O) groups excluding carboxylic acids is 2. The summed E-state index contributed by atoms with van der Waals surface area (Å²) in [5.74, 6) is -1.74. The molecular weight excluding hydrogens is 262 g/mol. The molecule has 0 aliphatic rings. The molecule has 0 saturated carbocycles. The zero-order valence-electron chi connectivity index (χ0n) is 7.99. The standard InChI is InChI=1S/C10H10BrNO3/c1-6(10(14)15)12-9(13)7-2-4-8(11)5-3-7/h2-6H,1H3,(H,12,13)(H,14,15)/p-1/t6-/m0/s1. The Morgan fingerprint density at radius 3 is 2.33 bits per heavy atom. The molecular formula is C10H9BrNO3-. The second-order valence-corrected chi connectivity index (χ2v) is 3.94. The molecule has 4 nitrogen and oxygen atoms in total. The summed E-state index contributed by atoms with van der Waals surface area (Å²) < 4.78 is 0.854. The van der Waals surface area contributed by atoms with E-state index in [-0.39, 0.29) is 0 Å². The third kappa shape index (κ3) is 3.36. The minimum absolute atomic E-state index is 0.409. The molecule has 0 spiro atoms. The van der Waals surface area contributed by atoms with E-state index in [9.17, 15) is 14.7 Å². The highest BCUT2D eigenvalue weighted by Gasteiger charge is 2.09. The molecule has 1 aromatic carbocycles. The Morgan fingerprint density at radius 1 is 1.33 bits per heavy atom. The van der Waals surface area contributed by atoms with Crippen molar-refractivity contribution < 1.29 is 14.7 Å². The molecule has 0 saturated heterocycles. The number of nitrogens with one attached hydrogen (secondary N) is 1. The Morgan fingerprint density at radius 2 is 1.87 bits per heavy atom. The highest BCUT2D eigenvalue weighted by molar-refractivity contribution is 9.10. The number of hydrogen-bond acceptors (Lipinski definition) is 3. The molecule has 0 fully saturated rings. The van der Waals surface area contributed by atoms with Crippen LogP contribution in [0.3, 0.4) is 0 Å². The SMILES string of the molecule is C[C@H](NC(=O)c1ccc(Br)cc1)C(=O)[O-]. The normalized spacial score (nSPS) is 11.9. The maximum atomic E-state index is 11.5. The van der Waals surface area contributed by atoms with Gasteiger partial charge in [-0.3, -0.25) is 4.79 Å². The van der Waals surface area contributed by atoms with Crippen LogP contribution in [-0.4, -0.2) is 17.9 Å². The van der Waals surface area contributed by atoms with Gasteiger partial charge in [-0.25, -0.2) is 0 Å². The first kappa shape index (κ1) is 11.7. The van der Waals surface area contributed by atoms with Gasteiger partial charge in [-0.1, -0.05) is 15.9 Å².